The molecular weight excluding hydrogens is 190 g/mol. The molecule has 0 aliphatic heterocycles. The van der Waals surface area contributed by atoms with Crippen molar-refractivity contribution in [1.82, 2.24) is 10.3 Å². The number of nitrogens with one attached hydrogen (secondary N) is 1. The Kier molecular flexibility index (Phi) is 4.05. The summed E-state index contributed by atoms with van der Waals surface area (Å²) < 4.78 is 0. The van der Waals surface area contributed by atoms with E-state index in [0.29, 0.717) is 12.1 Å². The highest BCUT2D eigenvalue weighted by atomic mass is 16.1. The van der Waals surface area contributed by atoms with Gasteiger partial charge in [-0.1, -0.05) is 6.08 Å². The minimum atomic E-state index is -0.0626. The second-order valence-electron chi connectivity index (χ2n) is 2.92. The highest BCUT2D eigenvalue weighted by Crippen LogP contribution is 2.00. The number of nitriles is 1. The van der Waals surface area contributed by atoms with Crippen LogP contribution < -0.4 is 5.32 Å². The van der Waals surface area contributed by atoms with Gasteiger partial charge in [0.2, 0.25) is 5.91 Å². The molecule has 0 unspecified atom stereocenters. The Balaban J connectivity index is 2.50. The van der Waals surface area contributed by atoms with Gasteiger partial charge in [-0.3, -0.25) is 9.78 Å². The van der Waals surface area contributed by atoms with Crippen LogP contribution in [0.3, 0.4) is 0 Å². The van der Waals surface area contributed by atoms with Gasteiger partial charge in [-0.2, -0.15) is 5.26 Å². The van der Waals surface area contributed by atoms with Gasteiger partial charge in [0.25, 0.3) is 0 Å². The van der Waals surface area contributed by atoms with Crippen LogP contribution in [0.1, 0.15) is 18.2 Å². The molecule has 1 heterocycles. The van der Waals surface area contributed by atoms with Crippen LogP contribution in [0.2, 0.25) is 0 Å². The molecule has 4 heteroatoms. The van der Waals surface area contributed by atoms with Crippen molar-refractivity contribution < 1.29 is 4.79 Å². The van der Waals surface area contributed by atoms with Crippen molar-refractivity contribution in [1.29, 1.82) is 5.26 Å². The number of aromatic nitrogens is 1. The molecule has 1 rings (SSSR count). The minimum absolute atomic E-state index is 0.0626. The van der Waals surface area contributed by atoms with E-state index < -0.39 is 0 Å². The standard InChI is InChI=1S/C11H11N3O/c1-9(15)13-6-2-3-11-5-4-10(7-12)8-14-11/h2-5,8H,6H2,1H3,(H,13,15). The number of nitrogens with zero attached hydrogens (tertiary/aromatic N) is 2. The van der Waals surface area contributed by atoms with Crippen LogP contribution in [-0.4, -0.2) is 17.4 Å². The van der Waals surface area contributed by atoms with E-state index in [2.05, 4.69) is 10.3 Å². The van der Waals surface area contributed by atoms with Gasteiger partial charge in [-0.25, -0.2) is 0 Å². The van der Waals surface area contributed by atoms with E-state index in [4.69, 9.17) is 5.26 Å². The molecule has 0 fully saturated rings. The third-order valence-electron chi connectivity index (χ3n) is 1.67. The van der Waals surface area contributed by atoms with Crippen molar-refractivity contribution in [3.8, 4) is 6.07 Å². The molecule has 0 saturated carbocycles. The summed E-state index contributed by atoms with van der Waals surface area (Å²) in [6.45, 7) is 1.95. The Morgan fingerprint density at radius 2 is 2.47 bits per heavy atom. The summed E-state index contributed by atoms with van der Waals surface area (Å²) in [4.78, 5) is 14.6. The molecule has 1 aromatic rings. The van der Waals surface area contributed by atoms with Crippen LogP contribution in [0.5, 0.6) is 0 Å². The second kappa shape index (κ2) is 5.55. The number of carbonyl (C=O) groups is 1. The number of hydrogen-bond acceptors (Lipinski definition) is 3. The SMILES string of the molecule is CC(=O)NCC=Cc1ccc(C#N)cn1. The number of amides is 1. The molecule has 0 aliphatic rings. The van der Waals surface area contributed by atoms with Crippen LogP contribution in [0.4, 0.5) is 0 Å². The van der Waals surface area contributed by atoms with Gasteiger partial charge in [0.15, 0.2) is 0 Å². The maximum absolute atomic E-state index is 10.5. The van der Waals surface area contributed by atoms with E-state index in [1.54, 1.807) is 24.3 Å². The van der Waals surface area contributed by atoms with Crippen molar-refractivity contribution in [2.75, 3.05) is 6.54 Å². The summed E-state index contributed by atoms with van der Waals surface area (Å²) in [7, 11) is 0. The van der Waals surface area contributed by atoms with Crippen LogP contribution in [-0.2, 0) is 4.79 Å². The van der Waals surface area contributed by atoms with Crippen molar-refractivity contribution in [2.24, 2.45) is 0 Å². The lowest BCUT2D eigenvalue weighted by Crippen LogP contribution is -2.19. The summed E-state index contributed by atoms with van der Waals surface area (Å²) in [5.41, 5.74) is 1.30. The monoisotopic (exact) mass is 201 g/mol. The first kappa shape index (κ1) is 10.9. The fourth-order valence-electron chi connectivity index (χ4n) is 0.952. The first-order valence-corrected chi connectivity index (χ1v) is 4.49. The Morgan fingerprint density at radius 1 is 1.67 bits per heavy atom. The zero-order valence-corrected chi connectivity index (χ0v) is 8.40. The fraction of sp³-hybridized carbons (Fsp3) is 0.182. The smallest absolute Gasteiger partial charge is 0.217 e. The van der Waals surface area contributed by atoms with Gasteiger partial charge in [-0.05, 0) is 18.2 Å². The van der Waals surface area contributed by atoms with Crippen molar-refractivity contribution in [2.45, 2.75) is 6.92 Å². The van der Waals surface area contributed by atoms with E-state index in [1.807, 2.05) is 6.07 Å². The third kappa shape index (κ3) is 4.05. The molecule has 0 radical (unpaired) electrons. The Morgan fingerprint density at radius 3 is 3.00 bits per heavy atom. The van der Waals surface area contributed by atoms with E-state index in [-0.39, 0.29) is 5.91 Å². The highest BCUT2D eigenvalue weighted by Gasteiger charge is 1.90. The molecule has 0 atom stereocenters. The largest absolute Gasteiger partial charge is 0.353 e. The Labute approximate surface area is 88.3 Å². The third-order valence-corrected chi connectivity index (χ3v) is 1.67. The molecule has 1 amide bonds. The predicted octanol–water partition coefficient (Wildman–Crippen LogP) is 1.10. The van der Waals surface area contributed by atoms with E-state index in [9.17, 15) is 4.79 Å². The first-order chi connectivity index (χ1) is 7.22. The van der Waals surface area contributed by atoms with Crippen LogP contribution in [0, 0.1) is 11.3 Å². The van der Waals surface area contributed by atoms with Crippen molar-refractivity contribution in [3.63, 3.8) is 0 Å². The van der Waals surface area contributed by atoms with E-state index in [1.165, 1.54) is 13.1 Å². The summed E-state index contributed by atoms with van der Waals surface area (Å²) in [6, 6.07) is 5.45. The van der Waals surface area contributed by atoms with Crippen molar-refractivity contribution >= 4 is 12.0 Å². The van der Waals surface area contributed by atoms with Crippen LogP contribution >= 0.6 is 0 Å². The van der Waals surface area contributed by atoms with Gasteiger partial charge in [0.05, 0.1) is 11.3 Å². The molecule has 0 bridgehead atoms. The average molecular weight is 201 g/mol. The number of rotatable bonds is 3. The number of hydrogen-bond donors (Lipinski definition) is 1. The predicted molar refractivity (Wildman–Crippen MR) is 56.7 cm³/mol. The molecule has 0 saturated heterocycles. The Bertz CT molecular complexity index is 401. The Hall–Kier alpha value is -2.15. The molecule has 4 nitrogen and oxygen atoms in total. The summed E-state index contributed by atoms with van der Waals surface area (Å²) in [5, 5.41) is 11.2. The minimum Gasteiger partial charge on any atom is -0.353 e. The first-order valence-electron chi connectivity index (χ1n) is 4.49. The number of pyridine rings is 1. The van der Waals surface area contributed by atoms with E-state index >= 15 is 0 Å². The van der Waals surface area contributed by atoms with Gasteiger partial charge >= 0.3 is 0 Å². The lowest BCUT2D eigenvalue weighted by molar-refractivity contribution is -0.118. The zero-order chi connectivity index (χ0) is 11.1. The normalized spacial score (nSPS) is 9.87. The maximum atomic E-state index is 10.5. The average Bonchev–Trinajstić information content (AvgIpc) is 2.25. The van der Waals surface area contributed by atoms with Crippen molar-refractivity contribution in [3.05, 3.63) is 35.7 Å². The van der Waals surface area contributed by atoms with E-state index in [0.717, 1.165) is 5.69 Å². The molecular formula is C11H11N3O. The molecule has 76 valence electrons. The lowest BCUT2D eigenvalue weighted by Gasteiger charge is -1.95. The fourth-order valence-corrected chi connectivity index (χ4v) is 0.952. The zero-order valence-electron chi connectivity index (χ0n) is 8.40. The van der Waals surface area contributed by atoms with Gasteiger partial charge in [-0.15, -0.1) is 0 Å². The summed E-state index contributed by atoms with van der Waals surface area (Å²) in [5.74, 6) is -0.0626. The summed E-state index contributed by atoms with van der Waals surface area (Å²) >= 11 is 0. The van der Waals surface area contributed by atoms with Crippen LogP contribution in [0.15, 0.2) is 24.4 Å². The quantitative estimate of drug-likeness (QED) is 0.796. The number of carbonyl (C=O) groups excluding carboxylic acids is 1. The molecule has 0 aromatic carbocycles. The summed E-state index contributed by atoms with van der Waals surface area (Å²) in [6.07, 6.45) is 5.10. The van der Waals surface area contributed by atoms with Gasteiger partial charge in [0, 0.05) is 19.7 Å². The molecule has 0 spiro atoms. The topological polar surface area (TPSA) is 65.8 Å². The molecule has 0 aliphatic carbocycles. The molecule has 1 aromatic heterocycles. The molecule has 1 N–H and O–H groups in total. The van der Waals surface area contributed by atoms with Gasteiger partial charge < -0.3 is 5.32 Å². The maximum Gasteiger partial charge on any atom is 0.217 e. The second-order valence-corrected chi connectivity index (χ2v) is 2.92. The molecule has 15 heavy (non-hydrogen) atoms. The highest BCUT2D eigenvalue weighted by molar-refractivity contribution is 5.73. The lowest BCUT2D eigenvalue weighted by atomic mass is 10.2. The van der Waals surface area contributed by atoms with Gasteiger partial charge in [0.1, 0.15) is 6.07 Å². The van der Waals surface area contributed by atoms with Crippen LogP contribution in [0.25, 0.3) is 6.08 Å².